The fourth-order valence-corrected chi connectivity index (χ4v) is 3.84. The number of hydrogen-bond donors (Lipinski definition) is 2. The van der Waals surface area contributed by atoms with E-state index >= 15 is 0 Å². The van der Waals surface area contributed by atoms with E-state index in [1.807, 2.05) is 0 Å². The van der Waals surface area contributed by atoms with Crippen molar-refractivity contribution >= 4 is 10.2 Å². The van der Waals surface area contributed by atoms with Crippen LogP contribution in [0.25, 0.3) is 0 Å². The largest absolute Gasteiger partial charge is 0.393 e. The first-order chi connectivity index (χ1) is 7.58. The standard InChI is InChI=1S/C10H20N2O3S/c13-10-4-3-9(7-10)8-11-16(14,15)12-5-1-2-6-12/h9-11,13H,1-8H2. The van der Waals surface area contributed by atoms with E-state index in [-0.39, 0.29) is 6.10 Å². The van der Waals surface area contributed by atoms with Gasteiger partial charge in [-0.05, 0) is 38.0 Å². The molecule has 16 heavy (non-hydrogen) atoms. The smallest absolute Gasteiger partial charge is 0.279 e. The van der Waals surface area contributed by atoms with E-state index in [4.69, 9.17) is 0 Å². The zero-order valence-electron chi connectivity index (χ0n) is 9.43. The van der Waals surface area contributed by atoms with Gasteiger partial charge < -0.3 is 5.11 Å². The lowest BCUT2D eigenvalue weighted by molar-refractivity contribution is 0.178. The molecule has 1 aliphatic heterocycles. The van der Waals surface area contributed by atoms with Gasteiger partial charge >= 0.3 is 0 Å². The van der Waals surface area contributed by atoms with Crippen molar-refractivity contribution in [3.63, 3.8) is 0 Å². The zero-order chi connectivity index (χ0) is 11.6. The van der Waals surface area contributed by atoms with Crippen molar-refractivity contribution in [1.29, 1.82) is 0 Å². The fraction of sp³-hybridized carbons (Fsp3) is 1.00. The highest BCUT2D eigenvalue weighted by Gasteiger charge is 2.28. The number of hydrogen-bond acceptors (Lipinski definition) is 3. The molecule has 1 saturated carbocycles. The van der Waals surface area contributed by atoms with Gasteiger partial charge in [0.1, 0.15) is 0 Å². The first-order valence-corrected chi connectivity index (χ1v) is 7.45. The van der Waals surface area contributed by atoms with Gasteiger partial charge in [0.2, 0.25) is 0 Å². The number of aliphatic hydroxyl groups is 1. The monoisotopic (exact) mass is 248 g/mol. The van der Waals surface area contributed by atoms with Gasteiger partial charge in [-0.25, -0.2) is 4.72 Å². The van der Waals surface area contributed by atoms with Crippen molar-refractivity contribution in [2.75, 3.05) is 19.6 Å². The van der Waals surface area contributed by atoms with Crippen LogP contribution in [-0.4, -0.2) is 43.6 Å². The SMILES string of the molecule is O=S(=O)(NCC1CCC(O)C1)N1CCCC1. The van der Waals surface area contributed by atoms with Crippen molar-refractivity contribution in [2.45, 2.75) is 38.2 Å². The number of rotatable bonds is 4. The molecule has 1 saturated heterocycles. The molecule has 6 heteroatoms. The summed E-state index contributed by atoms with van der Waals surface area (Å²) in [5.74, 6) is 0.298. The summed E-state index contributed by atoms with van der Waals surface area (Å²) in [5.41, 5.74) is 0. The summed E-state index contributed by atoms with van der Waals surface area (Å²) in [7, 11) is -3.26. The van der Waals surface area contributed by atoms with Gasteiger partial charge in [-0.2, -0.15) is 12.7 Å². The van der Waals surface area contributed by atoms with Crippen molar-refractivity contribution in [3.8, 4) is 0 Å². The summed E-state index contributed by atoms with van der Waals surface area (Å²) in [6, 6.07) is 0. The van der Waals surface area contributed by atoms with Gasteiger partial charge in [-0.3, -0.25) is 0 Å². The topological polar surface area (TPSA) is 69.6 Å². The summed E-state index contributed by atoms with van der Waals surface area (Å²) in [6.45, 7) is 1.75. The molecular formula is C10H20N2O3S. The van der Waals surface area contributed by atoms with Gasteiger partial charge in [-0.15, -0.1) is 0 Å². The minimum atomic E-state index is -3.26. The maximum absolute atomic E-state index is 11.8. The quantitative estimate of drug-likeness (QED) is 0.740. The van der Waals surface area contributed by atoms with E-state index in [9.17, 15) is 13.5 Å². The molecule has 0 aromatic rings. The third-order valence-corrected chi connectivity index (χ3v) is 5.05. The fourth-order valence-electron chi connectivity index (χ4n) is 2.48. The summed E-state index contributed by atoms with van der Waals surface area (Å²) in [4.78, 5) is 0. The van der Waals surface area contributed by atoms with E-state index in [1.165, 1.54) is 4.31 Å². The zero-order valence-corrected chi connectivity index (χ0v) is 10.2. The Morgan fingerprint density at radius 2 is 1.94 bits per heavy atom. The molecule has 1 aliphatic carbocycles. The minimum Gasteiger partial charge on any atom is -0.393 e. The highest BCUT2D eigenvalue weighted by atomic mass is 32.2. The molecule has 5 nitrogen and oxygen atoms in total. The predicted molar refractivity (Wildman–Crippen MR) is 61.1 cm³/mol. The van der Waals surface area contributed by atoms with Crippen LogP contribution in [0.5, 0.6) is 0 Å². The van der Waals surface area contributed by atoms with E-state index in [1.54, 1.807) is 0 Å². The van der Waals surface area contributed by atoms with Gasteiger partial charge in [-0.1, -0.05) is 0 Å². The molecule has 0 bridgehead atoms. The van der Waals surface area contributed by atoms with Crippen LogP contribution in [0.4, 0.5) is 0 Å². The van der Waals surface area contributed by atoms with Crippen molar-refractivity contribution in [1.82, 2.24) is 9.03 Å². The van der Waals surface area contributed by atoms with Crippen molar-refractivity contribution in [2.24, 2.45) is 5.92 Å². The molecule has 2 atom stereocenters. The Hall–Kier alpha value is -0.170. The lowest BCUT2D eigenvalue weighted by Gasteiger charge is -2.18. The lowest BCUT2D eigenvalue weighted by atomic mass is 10.1. The van der Waals surface area contributed by atoms with Crippen LogP contribution in [-0.2, 0) is 10.2 Å². The average Bonchev–Trinajstić information content (AvgIpc) is 2.85. The van der Waals surface area contributed by atoms with Crippen LogP contribution in [0.2, 0.25) is 0 Å². The molecule has 1 heterocycles. The minimum absolute atomic E-state index is 0.235. The Morgan fingerprint density at radius 3 is 2.50 bits per heavy atom. The molecule has 0 aromatic heterocycles. The van der Waals surface area contributed by atoms with Crippen LogP contribution in [0, 0.1) is 5.92 Å². The predicted octanol–water partition coefficient (Wildman–Crippen LogP) is 0.0776. The van der Waals surface area contributed by atoms with Crippen LogP contribution >= 0.6 is 0 Å². The van der Waals surface area contributed by atoms with Crippen molar-refractivity contribution in [3.05, 3.63) is 0 Å². The molecular weight excluding hydrogens is 228 g/mol. The Kier molecular flexibility index (Phi) is 3.84. The molecule has 0 aromatic carbocycles. The third kappa shape index (κ3) is 2.94. The van der Waals surface area contributed by atoms with Crippen molar-refractivity contribution < 1.29 is 13.5 Å². The number of aliphatic hydroxyl groups excluding tert-OH is 1. The molecule has 2 fully saturated rings. The second-order valence-corrected chi connectivity index (χ2v) is 6.55. The summed E-state index contributed by atoms with van der Waals surface area (Å²) in [6.07, 6.45) is 4.13. The van der Waals surface area contributed by atoms with Gasteiger partial charge in [0.15, 0.2) is 0 Å². The molecule has 2 aliphatic rings. The molecule has 94 valence electrons. The number of nitrogens with one attached hydrogen (secondary N) is 1. The summed E-state index contributed by atoms with van der Waals surface area (Å²) >= 11 is 0. The second kappa shape index (κ2) is 5.00. The Labute approximate surface area is 97.0 Å². The van der Waals surface area contributed by atoms with Crippen LogP contribution in [0.15, 0.2) is 0 Å². The Balaban J connectivity index is 1.80. The highest BCUT2D eigenvalue weighted by molar-refractivity contribution is 7.87. The molecule has 2 N–H and O–H groups in total. The maximum Gasteiger partial charge on any atom is 0.279 e. The summed E-state index contributed by atoms with van der Waals surface area (Å²) in [5, 5.41) is 9.35. The molecule has 0 spiro atoms. The first kappa shape index (κ1) is 12.3. The third-order valence-electron chi connectivity index (χ3n) is 3.47. The molecule has 2 unspecified atom stereocenters. The Morgan fingerprint density at radius 1 is 1.25 bits per heavy atom. The second-order valence-electron chi connectivity index (χ2n) is 4.79. The Bertz CT molecular complexity index is 325. The van der Waals surface area contributed by atoms with E-state index in [0.29, 0.717) is 25.6 Å². The lowest BCUT2D eigenvalue weighted by Crippen LogP contribution is -2.40. The summed E-state index contributed by atoms with van der Waals surface area (Å²) < 4.78 is 27.8. The van der Waals surface area contributed by atoms with Gasteiger partial charge in [0.25, 0.3) is 10.2 Å². The number of nitrogens with zero attached hydrogens (tertiary/aromatic N) is 1. The van der Waals surface area contributed by atoms with Crippen LogP contribution < -0.4 is 4.72 Å². The van der Waals surface area contributed by atoms with Crippen LogP contribution in [0.3, 0.4) is 0 Å². The highest BCUT2D eigenvalue weighted by Crippen LogP contribution is 2.25. The maximum atomic E-state index is 11.8. The molecule has 0 radical (unpaired) electrons. The van der Waals surface area contributed by atoms with Gasteiger partial charge in [0, 0.05) is 19.6 Å². The molecule has 0 amide bonds. The van der Waals surface area contributed by atoms with E-state index in [0.717, 1.165) is 32.1 Å². The van der Waals surface area contributed by atoms with Gasteiger partial charge in [0.05, 0.1) is 6.10 Å². The normalized spacial score (nSPS) is 32.3. The first-order valence-electron chi connectivity index (χ1n) is 6.01. The van der Waals surface area contributed by atoms with Crippen LogP contribution in [0.1, 0.15) is 32.1 Å². The van der Waals surface area contributed by atoms with E-state index in [2.05, 4.69) is 4.72 Å². The van der Waals surface area contributed by atoms with E-state index < -0.39 is 10.2 Å². The molecule has 2 rings (SSSR count). The average molecular weight is 248 g/mol.